The fourth-order valence-electron chi connectivity index (χ4n) is 3.49. The lowest BCUT2D eigenvalue weighted by molar-refractivity contribution is 0.208. The van der Waals surface area contributed by atoms with Gasteiger partial charge in [0.15, 0.2) is 0 Å². The van der Waals surface area contributed by atoms with Crippen molar-refractivity contribution in [3.05, 3.63) is 36.3 Å². The molecule has 0 saturated carbocycles. The zero-order valence-electron chi connectivity index (χ0n) is 16.3. The highest BCUT2D eigenvalue weighted by Crippen LogP contribution is 2.22. The van der Waals surface area contributed by atoms with Gasteiger partial charge in [-0.15, -0.1) is 0 Å². The lowest BCUT2D eigenvalue weighted by atomic mass is 9.99. The molecule has 3 rings (SSSR count). The van der Waals surface area contributed by atoms with Gasteiger partial charge in [0, 0.05) is 51.6 Å². The minimum absolute atomic E-state index is 0.239. The van der Waals surface area contributed by atoms with E-state index in [1.165, 1.54) is 0 Å². The molecular formula is C20H30N6O. The summed E-state index contributed by atoms with van der Waals surface area (Å²) < 4.78 is 0. The Balaban J connectivity index is 1.60. The lowest BCUT2D eigenvalue weighted by Gasteiger charge is -2.32. The Labute approximate surface area is 161 Å². The van der Waals surface area contributed by atoms with Crippen molar-refractivity contribution >= 4 is 17.5 Å². The maximum Gasteiger partial charge on any atom is 0.134 e. The van der Waals surface area contributed by atoms with Gasteiger partial charge in [-0.25, -0.2) is 15.0 Å². The summed E-state index contributed by atoms with van der Waals surface area (Å²) in [5, 5.41) is 12.8. The molecule has 0 spiro atoms. The molecule has 7 nitrogen and oxygen atoms in total. The van der Waals surface area contributed by atoms with Crippen LogP contribution >= 0.6 is 0 Å². The van der Waals surface area contributed by atoms with Crippen molar-refractivity contribution in [2.45, 2.75) is 33.2 Å². The van der Waals surface area contributed by atoms with Crippen LogP contribution in [0.15, 0.2) is 30.7 Å². The SMILES string of the molecule is CCN(CC)c1ccc(CNc2cc(N3CCCC(CO)C3)ncn2)cn1. The van der Waals surface area contributed by atoms with Gasteiger partial charge in [-0.1, -0.05) is 6.07 Å². The molecule has 0 bridgehead atoms. The third-order valence-electron chi connectivity index (χ3n) is 5.12. The van der Waals surface area contributed by atoms with E-state index in [0.29, 0.717) is 12.5 Å². The predicted molar refractivity (Wildman–Crippen MR) is 109 cm³/mol. The van der Waals surface area contributed by atoms with Gasteiger partial charge in [0.25, 0.3) is 0 Å². The third-order valence-corrected chi connectivity index (χ3v) is 5.12. The molecule has 0 aromatic carbocycles. The minimum Gasteiger partial charge on any atom is -0.396 e. The summed E-state index contributed by atoms with van der Waals surface area (Å²) in [5.74, 6) is 3.07. The van der Waals surface area contributed by atoms with E-state index >= 15 is 0 Å². The molecule has 2 aromatic rings. The molecule has 1 unspecified atom stereocenters. The van der Waals surface area contributed by atoms with Crippen molar-refractivity contribution in [1.29, 1.82) is 0 Å². The van der Waals surface area contributed by atoms with Gasteiger partial charge < -0.3 is 20.2 Å². The number of aliphatic hydroxyl groups excluding tert-OH is 1. The molecule has 1 aliphatic heterocycles. The number of aliphatic hydroxyl groups is 1. The number of rotatable bonds is 8. The van der Waals surface area contributed by atoms with E-state index in [4.69, 9.17) is 0 Å². The second-order valence-corrected chi connectivity index (χ2v) is 6.95. The average molecular weight is 371 g/mol. The summed E-state index contributed by atoms with van der Waals surface area (Å²) in [7, 11) is 0. The number of pyridine rings is 1. The Bertz CT molecular complexity index is 704. The van der Waals surface area contributed by atoms with Gasteiger partial charge >= 0.3 is 0 Å². The molecule has 1 atom stereocenters. The molecule has 0 amide bonds. The van der Waals surface area contributed by atoms with Gasteiger partial charge in [-0.05, 0) is 44.2 Å². The van der Waals surface area contributed by atoms with Crippen molar-refractivity contribution in [2.75, 3.05) is 47.9 Å². The summed E-state index contributed by atoms with van der Waals surface area (Å²) in [5.41, 5.74) is 1.12. The number of aromatic nitrogens is 3. The predicted octanol–water partition coefficient (Wildman–Crippen LogP) is 2.54. The molecule has 0 aliphatic carbocycles. The monoisotopic (exact) mass is 370 g/mol. The maximum absolute atomic E-state index is 9.43. The van der Waals surface area contributed by atoms with Crippen LogP contribution in [-0.2, 0) is 6.54 Å². The Morgan fingerprint density at radius 3 is 2.78 bits per heavy atom. The largest absolute Gasteiger partial charge is 0.396 e. The first kappa shape index (κ1) is 19.4. The molecule has 1 fully saturated rings. The van der Waals surface area contributed by atoms with Crippen molar-refractivity contribution < 1.29 is 5.11 Å². The third kappa shape index (κ3) is 5.07. The Morgan fingerprint density at radius 1 is 1.22 bits per heavy atom. The van der Waals surface area contributed by atoms with Gasteiger partial charge in [0.1, 0.15) is 23.8 Å². The van der Waals surface area contributed by atoms with Crippen LogP contribution in [0.2, 0.25) is 0 Å². The van der Waals surface area contributed by atoms with Crippen LogP contribution in [-0.4, -0.2) is 52.8 Å². The lowest BCUT2D eigenvalue weighted by Crippen LogP contribution is -2.37. The van der Waals surface area contributed by atoms with Gasteiger partial charge in [-0.2, -0.15) is 0 Å². The molecule has 27 heavy (non-hydrogen) atoms. The number of hydrogen-bond acceptors (Lipinski definition) is 7. The highest BCUT2D eigenvalue weighted by atomic mass is 16.3. The topological polar surface area (TPSA) is 77.4 Å². The van der Waals surface area contributed by atoms with Crippen LogP contribution in [0, 0.1) is 5.92 Å². The van der Waals surface area contributed by atoms with E-state index < -0.39 is 0 Å². The average Bonchev–Trinajstić information content (AvgIpc) is 2.74. The van der Waals surface area contributed by atoms with Crippen LogP contribution in [0.3, 0.4) is 0 Å². The molecular weight excluding hydrogens is 340 g/mol. The number of anilines is 3. The molecule has 1 aliphatic rings. The molecule has 7 heteroatoms. The van der Waals surface area contributed by atoms with Crippen LogP contribution in [0.25, 0.3) is 0 Å². The van der Waals surface area contributed by atoms with Crippen LogP contribution in [0.4, 0.5) is 17.5 Å². The van der Waals surface area contributed by atoms with E-state index in [9.17, 15) is 5.11 Å². The molecule has 146 valence electrons. The van der Waals surface area contributed by atoms with Gasteiger partial charge in [-0.3, -0.25) is 0 Å². The Hall–Kier alpha value is -2.41. The fraction of sp³-hybridized carbons (Fsp3) is 0.550. The summed E-state index contributed by atoms with van der Waals surface area (Å²) >= 11 is 0. The number of nitrogens with one attached hydrogen (secondary N) is 1. The fourth-order valence-corrected chi connectivity index (χ4v) is 3.49. The Kier molecular flexibility index (Phi) is 6.81. The van der Waals surface area contributed by atoms with E-state index in [0.717, 1.165) is 62.0 Å². The van der Waals surface area contributed by atoms with Crippen molar-refractivity contribution in [1.82, 2.24) is 15.0 Å². The first-order valence-corrected chi connectivity index (χ1v) is 9.85. The zero-order valence-corrected chi connectivity index (χ0v) is 16.3. The number of nitrogens with zero attached hydrogens (tertiary/aromatic N) is 5. The van der Waals surface area contributed by atoms with Crippen LogP contribution < -0.4 is 15.1 Å². The van der Waals surface area contributed by atoms with Crippen molar-refractivity contribution in [3.8, 4) is 0 Å². The quantitative estimate of drug-likeness (QED) is 0.739. The summed E-state index contributed by atoms with van der Waals surface area (Å²) in [6.07, 6.45) is 5.68. The first-order chi connectivity index (χ1) is 13.2. The Morgan fingerprint density at radius 2 is 2.07 bits per heavy atom. The van der Waals surface area contributed by atoms with E-state index in [2.05, 4.69) is 56.0 Å². The van der Waals surface area contributed by atoms with E-state index in [1.807, 2.05) is 12.3 Å². The second kappa shape index (κ2) is 9.50. The molecule has 2 N–H and O–H groups in total. The van der Waals surface area contributed by atoms with Gasteiger partial charge in [0.2, 0.25) is 0 Å². The zero-order chi connectivity index (χ0) is 19.1. The summed E-state index contributed by atoms with van der Waals surface area (Å²) in [4.78, 5) is 17.8. The van der Waals surface area contributed by atoms with Crippen molar-refractivity contribution in [2.24, 2.45) is 5.92 Å². The summed E-state index contributed by atoms with van der Waals surface area (Å²) in [6, 6.07) is 6.15. The molecule has 3 heterocycles. The first-order valence-electron chi connectivity index (χ1n) is 9.85. The number of piperidine rings is 1. The van der Waals surface area contributed by atoms with Gasteiger partial charge in [0.05, 0.1) is 0 Å². The van der Waals surface area contributed by atoms with Crippen LogP contribution in [0.5, 0.6) is 0 Å². The van der Waals surface area contributed by atoms with E-state index in [-0.39, 0.29) is 6.61 Å². The normalized spacial score (nSPS) is 17.0. The highest BCUT2D eigenvalue weighted by molar-refractivity contribution is 5.49. The van der Waals surface area contributed by atoms with Crippen molar-refractivity contribution in [3.63, 3.8) is 0 Å². The molecule has 1 saturated heterocycles. The maximum atomic E-state index is 9.43. The molecule has 0 radical (unpaired) electrons. The van der Waals surface area contributed by atoms with E-state index in [1.54, 1.807) is 6.33 Å². The highest BCUT2D eigenvalue weighted by Gasteiger charge is 2.20. The smallest absolute Gasteiger partial charge is 0.134 e. The standard InChI is InChI=1S/C20H30N6O/c1-3-25(4-2)19-8-7-16(12-22-19)11-21-18-10-20(24-15-23-18)26-9-5-6-17(13-26)14-27/h7-8,10,12,15,17,27H,3-6,9,11,13-14H2,1-2H3,(H,21,23,24). The summed E-state index contributed by atoms with van der Waals surface area (Å²) in [6.45, 7) is 8.92. The minimum atomic E-state index is 0.239. The second-order valence-electron chi connectivity index (χ2n) is 6.95. The molecule has 2 aromatic heterocycles. The number of hydrogen-bond donors (Lipinski definition) is 2. The van der Waals surface area contributed by atoms with Crippen LogP contribution in [0.1, 0.15) is 32.3 Å².